The van der Waals surface area contributed by atoms with Gasteiger partial charge in [0.25, 0.3) is 5.89 Å². The van der Waals surface area contributed by atoms with E-state index in [9.17, 15) is 10.1 Å². The molecule has 0 aliphatic carbocycles. The summed E-state index contributed by atoms with van der Waals surface area (Å²) >= 11 is 5.77. The number of fused-ring (bicyclic) bond motifs is 1. The molecule has 9 nitrogen and oxygen atoms in total. The molecule has 132 valence electrons. The van der Waals surface area contributed by atoms with Crippen molar-refractivity contribution in [3.63, 3.8) is 0 Å². The molecule has 0 spiro atoms. The van der Waals surface area contributed by atoms with E-state index in [1.165, 1.54) is 18.2 Å². The molecule has 2 aromatic carbocycles. The van der Waals surface area contributed by atoms with Crippen LogP contribution in [0, 0.1) is 10.1 Å². The van der Waals surface area contributed by atoms with Crippen molar-refractivity contribution < 1.29 is 23.7 Å². The van der Waals surface area contributed by atoms with Crippen molar-refractivity contribution in [2.75, 3.05) is 6.79 Å². The third kappa shape index (κ3) is 3.11. The van der Waals surface area contributed by atoms with E-state index in [1.54, 1.807) is 18.2 Å². The Hall–Kier alpha value is -3.33. The van der Waals surface area contributed by atoms with Gasteiger partial charge in [-0.05, 0) is 30.3 Å². The Morgan fingerprint density at radius 2 is 2.04 bits per heavy atom. The molecule has 4 rings (SSSR count). The second kappa shape index (κ2) is 6.52. The van der Waals surface area contributed by atoms with Gasteiger partial charge in [-0.1, -0.05) is 16.8 Å². The van der Waals surface area contributed by atoms with Gasteiger partial charge in [-0.15, -0.1) is 0 Å². The van der Waals surface area contributed by atoms with Crippen LogP contribution >= 0.6 is 11.6 Å². The summed E-state index contributed by atoms with van der Waals surface area (Å²) in [5.74, 6) is 1.81. The number of halogens is 1. The summed E-state index contributed by atoms with van der Waals surface area (Å²) in [6, 6.07) is 9.38. The van der Waals surface area contributed by atoms with Gasteiger partial charge in [0, 0.05) is 16.7 Å². The van der Waals surface area contributed by atoms with Crippen LogP contribution in [0.15, 0.2) is 40.9 Å². The first-order chi connectivity index (χ1) is 12.6. The summed E-state index contributed by atoms with van der Waals surface area (Å²) in [5, 5.41) is 15.2. The highest BCUT2D eigenvalue weighted by atomic mass is 35.5. The van der Waals surface area contributed by atoms with Gasteiger partial charge in [-0.3, -0.25) is 10.1 Å². The smallest absolute Gasteiger partial charge is 0.312 e. The van der Waals surface area contributed by atoms with Gasteiger partial charge < -0.3 is 18.7 Å². The second-order valence-corrected chi connectivity index (χ2v) is 5.67. The molecule has 1 aliphatic rings. The van der Waals surface area contributed by atoms with Crippen molar-refractivity contribution in [3.05, 3.63) is 57.4 Å². The third-order valence-corrected chi connectivity index (χ3v) is 3.80. The zero-order valence-corrected chi connectivity index (χ0v) is 13.8. The molecule has 10 heteroatoms. The number of aromatic nitrogens is 2. The van der Waals surface area contributed by atoms with Gasteiger partial charge in [0.05, 0.1) is 4.92 Å². The standard InChI is InChI=1S/C16H10ClN3O6/c17-10-2-4-12(11(6-10)20(21)22)23-7-15-18-16(19-26-15)9-1-3-13-14(5-9)25-8-24-13/h1-6H,7-8H2. The Balaban J connectivity index is 1.50. The van der Waals surface area contributed by atoms with Crippen molar-refractivity contribution in [1.82, 2.24) is 10.1 Å². The van der Waals surface area contributed by atoms with Crippen molar-refractivity contribution in [3.8, 4) is 28.6 Å². The summed E-state index contributed by atoms with van der Waals surface area (Å²) in [6.45, 7) is 0.0457. The molecule has 2 heterocycles. The summed E-state index contributed by atoms with van der Waals surface area (Å²) < 4.78 is 21.1. The molecule has 1 aliphatic heterocycles. The molecule has 0 unspecified atom stereocenters. The fourth-order valence-corrected chi connectivity index (χ4v) is 2.53. The number of hydrogen-bond donors (Lipinski definition) is 0. The van der Waals surface area contributed by atoms with Crippen LogP contribution in [-0.4, -0.2) is 21.9 Å². The Kier molecular flexibility index (Phi) is 4.05. The summed E-state index contributed by atoms with van der Waals surface area (Å²) in [6.07, 6.45) is 0. The maximum atomic E-state index is 11.1. The molecule has 26 heavy (non-hydrogen) atoms. The van der Waals surface area contributed by atoms with Crippen LogP contribution in [0.4, 0.5) is 5.69 Å². The Morgan fingerprint density at radius 3 is 2.88 bits per heavy atom. The van der Waals surface area contributed by atoms with Gasteiger partial charge in [-0.25, -0.2) is 0 Å². The molecule has 0 saturated heterocycles. The van der Waals surface area contributed by atoms with E-state index in [-0.39, 0.29) is 35.8 Å². The number of nitro benzene ring substituents is 1. The minimum Gasteiger partial charge on any atom is -0.477 e. The lowest BCUT2D eigenvalue weighted by molar-refractivity contribution is -0.385. The highest BCUT2D eigenvalue weighted by Crippen LogP contribution is 2.35. The van der Waals surface area contributed by atoms with Crippen molar-refractivity contribution in [2.24, 2.45) is 0 Å². The molecule has 0 fully saturated rings. The first kappa shape index (κ1) is 16.2. The lowest BCUT2D eigenvalue weighted by Gasteiger charge is -2.04. The van der Waals surface area contributed by atoms with Crippen molar-refractivity contribution in [2.45, 2.75) is 6.61 Å². The highest BCUT2D eigenvalue weighted by Gasteiger charge is 2.19. The van der Waals surface area contributed by atoms with Gasteiger partial charge >= 0.3 is 5.69 Å². The van der Waals surface area contributed by atoms with E-state index in [4.69, 9.17) is 30.3 Å². The Labute approximate surface area is 151 Å². The van der Waals surface area contributed by atoms with Crippen LogP contribution in [0.3, 0.4) is 0 Å². The summed E-state index contributed by atoms with van der Waals surface area (Å²) in [7, 11) is 0. The van der Waals surface area contributed by atoms with E-state index >= 15 is 0 Å². The molecular formula is C16H10ClN3O6. The summed E-state index contributed by atoms with van der Waals surface area (Å²) in [4.78, 5) is 14.7. The Bertz CT molecular complexity index is 990. The topological polar surface area (TPSA) is 110 Å². The second-order valence-electron chi connectivity index (χ2n) is 5.24. The molecular weight excluding hydrogens is 366 g/mol. The predicted molar refractivity (Wildman–Crippen MR) is 88.3 cm³/mol. The van der Waals surface area contributed by atoms with Crippen LogP contribution in [-0.2, 0) is 6.61 Å². The first-order valence-corrected chi connectivity index (χ1v) is 7.77. The fraction of sp³-hybridized carbons (Fsp3) is 0.125. The van der Waals surface area contributed by atoms with Crippen LogP contribution in [0.2, 0.25) is 5.02 Å². The largest absolute Gasteiger partial charge is 0.477 e. The lowest BCUT2D eigenvalue weighted by atomic mass is 10.2. The van der Waals surface area contributed by atoms with E-state index in [1.807, 2.05) is 0 Å². The van der Waals surface area contributed by atoms with E-state index in [2.05, 4.69) is 10.1 Å². The fourth-order valence-electron chi connectivity index (χ4n) is 2.36. The first-order valence-electron chi connectivity index (χ1n) is 7.39. The van der Waals surface area contributed by atoms with E-state index in [0.717, 1.165) is 0 Å². The van der Waals surface area contributed by atoms with Gasteiger partial charge in [0.2, 0.25) is 12.6 Å². The molecule has 0 radical (unpaired) electrons. The number of rotatable bonds is 5. The monoisotopic (exact) mass is 375 g/mol. The zero-order chi connectivity index (χ0) is 18.1. The van der Waals surface area contributed by atoms with Crippen LogP contribution in [0.25, 0.3) is 11.4 Å². The molecule has 0 N–H and O–H groups in total. The maximum Gasteiger partial charge on any atom is 0.312 e. The average Bonchev–Trinajstić information content (AvgIpc) is 3.29. The number of nitrogens with zero attached hydrogens (tertiary/aromatic N) is 3. The SMILES string of the molecule is O=[N+]([O-])c1cc(Cl)ccc1OCc1nc(-c2ccc3c(c2)OCO3)no1. The minimum absolute atomic E-state index is 0.0576. The molecule has 3 aromatic rings. The van der Waals surface area contributed by atoms with Crippen LogP contribution in [0.1, 0.15) is 5.89 Å². The van der Waals surface area contributed by atoms with Gasteiger partial charge in [-0.2, -0.15) is 4.98 Å². The number of nitro groups is 1. The van der Waals surface area contributed by atoms with Crippen LogP contribution in [0.5, 0.6) is 17.2 Å². The number of ether oxygens (including phenoxy) is 3. The lowest BCUT2D eigenvalue weighted by Crippen LogP contribution is -1.99. The Morgan fingerprint density at radius 1 is 1.19 bits per heavy atom. The normalized spacial score (nSPS) is 12.2. The molecule has 0 amide bonds. The van der Waals surface area contributed by atoms with Crippen molar-refractivity contribution >= 4 is 17.3 Å². The van der Waals surface area contributed by atoms with E-state index in [0.29, 0.717) is 22.9 Å². The number of hydrogen-bond acceptors (Lipinski definition) is 8. The quantitative estimate of drug-likeness (QED) is 0.491. The van der Waals surface area contributed by atoms with Gasteiger partial charge in [0.1, 0.15) is 0 Å². The zero-order valence-electron chi connectivity index (χ0n) is 13.0. The molecule has 0 atom stereocenters. The maximum absolute atomic E-state index is 11.1. The number of benzene rings is 2. The highest BCUT2D eigenvalue weighted by molar-refractivity contribution is 6.30. The van der Waals surface area contributed by atoms with Gasteiger partial charge in [0.15, 0.2) is 23.9 Å². The third-order valence-electron chi connectivity index (χ3n) is 3.57. The minimum atomic E-state index is -0.576. The molecule has 0 saturated carbocycles. The summed E-state index contributed by atoms with van der Waals surface area (Å²) in [5.41, 5.74) is 0.440. The average molecular weight is 376 g/mol. The molecule has 0 bridgehead atoms. The van der Waals surface area contributed by atoms with Crippen LogP contribution < -0.4 is 14.2 Å². The predicted octanol–water partition coefficient (Wildman–Crippen LogP) is 3.61. The molecule has 1 aromatic heterocycles. The van der Waals surface area contributed by atoms with Crippen molar-refractivity contribution in [1.29, 1.82) is 0 Å². The van der Waals surface area contributed by atoms with E-state index < -0.39 is 4.92 Å².